The number of likely N-dealkylation sites (tertiary alicyclic amines) is 1. The fraction of sp³-hybridized carbons (Fsp3) is 0.857. The van der Waals surface area contributed by atoms with E-state index in [1.807, 2.05) is 0 Å². The van der Waals surface area contributed by atoms with Crippen molar-refractivity contribution in [3.8, 4) is 0 Å². The van der Waals surface area contributed by atoms with Crippen LogP contribution in [0.5, 0.6) is 0 Å². The van der Waals surface area contributed by atoms with Crippen LogP contribution in [0, 0.1) is 11.3 Å². The molecule has 0 spiro atoms. The molecule has 108 valence electrons. The zero-order valence-corrected chi connectivity index (χ0v) is 11.4. The molecule has 1 aliphatic heterocycles. The Labute approximate surface area is 114 Å². The molecule has 2 aliphatic rings. The molecular formula is C14H24N2O3. The van der Waals surface area contributed by atoms with Crippen LogP contribution in [0.4, 0.5) is 0 Å². The molecule has 0 aromatic heterocycles. The number of nitrogens with zero attached hydrogens (tertiary/aromatic N) is 1. The summed E-state index contributed by atoms with van der Waals surface area (Å²) in [6.07, 6.45) is 6.45. The molecule has 0 aromatic rings. The van der Waals surface area contributed by atoms with Gasteiger partial charge in [0.05, 0.1) is 11.3 Å². The highest BCUT2D eigenvalue weighted by atomic mass is 16.4. The largest absolute Gasteiger partial charge is 0.481 e. The topological polar surface area (TPSA) is 83.6 Å². The molecule has 3 N–H and O–H groups in total. The van der Waals surface area contributed by atoms with Crippen LogP contribution >= 0.6 is 0 Å². The third-order valence-electron chi connectivity index (χ3n) is 4.71. The molecule has 1 heterocycles. The summed E-state index contributed by atoms with van der Waals surface area (Å²) in [5, 5.41) is 9.11. The molecule has 0 aromatic carbocycles. The highest BCUT2D eigenvalue weighted by Crippen LogP contribution is 2.38. The quantitative estimate of drug-likeness (QED) is 0.806. The predicted molar refractivity (Wildman–Crippen MR) is 71.5 cm³/mol. The molecule has 1 amide bonds. The van der Waals surface area contributed by atoms with E-state index in [2.05, 4.69) is 0 Å². The Hall–Kier alpha value is -1.10. The molecule has 1 aliphatic carbocycles. The summed E-state index contributed by atoms with van der Waals surface area (Å²) in [4.78, 5) is 25.6. The Bertz CT molecular complexity index is 351. The van der Waals surface area contributed by atoms with Crippen LogP contribution in [0.1, 0.15) is 44.9 Å². The van der Waals surface area contributed by atoms with Gasteiger partial charge in [0.15, 0.2) is 0 Å². The van der Waals surface area contributed by atoms with Crippen LogP contribution in [0.3, 0.4) is 0 Å². The van der Waals surface area contributed by atoms with E-state index in [-0.39, 0.29) is 5.91 Å². The molecule has 1 atom stereocenters. The van der Waals surface area contributed by atoms with Gasteiger partial charge in [0.2, 0.25) is 5.91 Å². The number of nitrogens with two attached hydrogens (primary N) is 1. The summed E-state index contributed by atoms with van der Waals surface area (Å²) < 4.78 is 0. The Morgan fingerprint density at radius 1 is 1.21 bits per heavy atom. The minimum atomic E-state index is -0.789. The van der Waals surface area contributed by atoms with Crippen LogP contribution in [0.25, 0.3) is 0 Å². The van der Waals surface area contributed by atoms with Crippen molar-refractivity contribution < 1.29 is 14.7 Å². The summed E-state index contributed by atoms with van der Waals surface area (Å²) in [5.74, 6) is -1.10. The molecule has 0 radical (unpaired) electrons. The summed E-state index contributed by atoms with van der Waals surface area (Å²) >= 11 is 0. The average molecular weight is 268 g/mol. The molecule has 0 bridgehead atoms. The summed E-state index contributed by atoms with van der Waals surface area (Å²) in [7, 11) is 0. The second-order valence-electron chi connectivity index (χ2n) is 5.97. The lowest BCUT2D eigenvalue weighted by atomic mass is 9.72. The van der Waals surface area contributed by atoms with E-state index in [9.17, 15) is 9.59 Å². The van der Waals surface area contributed by atoms with Gasteiger partial charge in [-0.15, -0.1) is 0 Å². The van der Waals surface area contributed by atoms with E-state index in [1.165, 1.54) is 6.42 Å². The van der Waals surface area contributed by atoms with Gasteiger partial charge in [-0.1, -0.05) is 19.3 Å². The minimum Gasteiger partial charge on any atom is -0.481 e. The first-order valence-corrected chi connectivity index (χ1v) is 7.31. The van der Waals surface area contributed by atoms with Crippen LogP contribution < -0.4 is 5.73 Å². The van der Waals surface area contributed by atoms with E-state index in [0.717, 1.165) is 32.1 Å². The van der Waals surface area contributed by atoms with Gasteiger partial charge >= 0.3 is 5.97 Å². The van der Waals surface area contributed by atoms with Gasteiger partial charge in [-0.25, -0.2) is 0 Å². The van der Waals surface area contributed by atoms with Crippen molar-refractivity contribution in [2.45, 2.75) is 44.9 Å². The van der Waals surface area contributed by atoms with Crippen molar-refractivity contribution in [3.63, 3.8) is 0 Å². The second-order valence-corrected chi connectivity index (χ2v) is 5.97. The maximum Gasteiger partial charge on any atom is 0.308 e. The summed E-state index contributed by atoms with van der Waals surface area (Å²) in [6.45, 7) is 1.43. The number of amides is 1. The molecular weight excluding hydrogens is 244 g/mol. The Morgan fingerprint density at radius 2 is 1.89 bits per heavy atom. The van der Waals surface area contributed by atoms with Crippen molar-refractivity contribution in [1.82, 2.24) is 4.90 Å². The lowest BCUT2D eigenvalue weighted by Crippen LogP contribution is -2.52. The number of carbonyl (C=O) groups excluding carboxylic acids is 1. The van der Waals surface area contributed by atoms with Crippen molar-refractivity contribution in [1.29, 1.82) is 0 Å². The summed E-state index contributed by atoms with van der Waals surface area (Å²) in [5.41, 5.74) is 5.46. The Kier molecular flexibility index (Phi) is 4.45. The first-order chi connectivity index (χ1) is 9.09. The number of rotatable bonds is 3. The van der Waals surface area contributed by atoms with Gasteiger partial charge in [0.1, 0.15) is 0 Å². The van der Waals surface area contributed by atoms with E-state index >= 15 is 0 Å². The molecule has 0 unspecified atom stereocenters. The van der Waals surface area contributed by atoms with Crippen LogP contribution in [0.15, 0.2) is 0 Å². The van der Waals surface area contributed by atoms with Crippen LogP contribution in [-0.4, -0.2) is 41.5 Å². The van der Waals surface area contributed by atoms with Crippen LogP contribution in [0.2, 0.25) is 0 Å². The second kappa shape index (κ2) is 5.90. The first kappa shape index (κ1) is 14.3. The van der Waals surface area contributed by atoms with Crippen molar-refractivity contribution in [2.75, 3.05) is 19.6 Å². The van der Waals surface area contributed by atoms with Gasteiger partial charge in [-0.3, -0.25) is 9.59 Å². The predicted octanol–water partition coefficient (Wildman–Crippen LogP) is 1.22. The highest BCUT2D eigenvalue weighted by Gasteiger charge is 2.42. The zero-order chi connectivity index (χ0) is 13.9. The van der Waals surface area contributed by atoms with E-state index < -0.39 is 17.3 Å². The fourth-order valence-corrected chi connectivity index (χ4v) is 3.43. The van der Waals surface area contributed by atoms with Crippen molar-refractivity contribution in [3.05, 3.63) is 0 Å². The maximum atomic E-state index is 12.7. The van der Waals surface area contributed by atoms with Gasteiger partial charge in [0.25, 0.3) is 0 Å². The maximum absolute atomic E-state index is 12.7. The minimum absolute atomic E-state index is 0.0978. The van der Waals surface area contributed by atoms with E-state index in [1.54, 1.807) is 4.90 Å². The number of hydrogen-bond acceptors (Lipinski definition) is 3. The highest BCUT2D eigenvalue weighted by molar-refractivity contribution is 5.84. The Balaban J connectivity index is 2.06. The Morgan fingerprint density at radius 3 is 2.47 bits per heavy atom. The molecule has 19 heavy (non-hydrogen) atoms. The third-order valence-corrected chi connectivity index (χ3v) is 4.71. The third kappa shape index (κ3) is 2.91. The van der Waals surface area contributed by atoms with Gasteiger partial charge in [-0.05, 0) is 25.7 Å². The molecule has 1 saturated heterocycles. The monoisotopic (exact) mass is 268 g/mol. The molecule has 5 heteroatoms. The number of hydrogen-bond donors (Lipinski definition) is 2. The average Bonchev–Trinajstić information content (AvgIpc) is 2.47. The number of carboxylic acids is 1. The fourth-order valence-electron chi connectivity index (χ4n) is 3.43. The number of aliphatic carboxylic acids is 1. The van der Waals surface area contributed by atoms with Gasteiger partial charge < -0.3 is 15.7 Å². The van der Waals surface area contributed by atoms with Crippen molar-refractivity contribution >= 4 is 11.9 Å². The van der Waals surface area contributed by atoms with E-state index in [0.29, 0.717) is 26.1 Å². The lowest BCUT2D eigenvalue weighted by molar-refractivity contribution is -0.150. The van der Waals surface area contributed by atoms with Gasteiger partial charge in [-0.2, -0.15) is 0 Å². The molecule has 2 rings (SSSR count). The number of carboxylic acid groups (broad SMARTS) is 1. The number of piperidine rings is 1. The lowest BCUT2D eigenvalue weighted by Gasteiger charge is -2.41. The molecule has 2 fully saturated rings. The molecule has 5 nitrogen and oxygen atoms in total. The van der Waals surface area contributed by atoms with E-state index in [4.69, 9.17) is 10.8 Å². The van der Waals surface area contributed by atoms with Gasteiger partial charge in [0, 0.05) is 19.6 Å². The summed E-state index contributed by atoms with van der Waals surface area (Å²) in [6, 6.07) is 0. The number of carbonyl (C=O) groups is 2. The normalized spacial score (nSPS) is 27.0. The standard InChI is InChI=1S/C14H24N2O3/c15-10-14(6-2-1-3-7-14)13(19)16-8-4-5-11(9-16)12(17)18/h11H,1-10,15H2,(H,17,18)/t11-/m0/s1. The smallest absolute Gasteiger partial charge is 0.308 e. The van der Waals surface area contributed by atoms with Crippen LogP contribution in [-0.2, 0) is 9.59 Å². The molecule has 1 saturated carbocycles. The van der Waals surface area contributed by atoms with Crippen molar-refractivity contribution in [2.24, 2.45) is 17.1 Å². The SMILES string of the molecule is NCC1(C(=O)N2CCC[C@H](C(=O)O)C2)CCCCC1. The first-order valence-electron chi connectivity index (χ1n) is 7.31. The zero-order valence-electron chi connectivity index (χ0n) is 11.4.